The van der Waals surface area contributed by atoms with Crippen LogP contribution >= 0.6 is 0 Å². The molecule has 6 heteroatoms. The third-order valence-corrected chi connectivity index (χ3v) is 4.69. The maximum Gasteiger partial charge on any atom is 0.244 e. The lowest BCUT2D eigenvalue weighted by Gasteiger charge is -2.23. The molecule has 24 heavy (non-hydrogen) atoms. The molecule has 3 heterocycles. The van der Waals surface area contributed by atoms with Crippen LogP contribution in [0, 0.1) is 0 Å². The Hall–Kier alpha value is -2.47. The van der Waals surface area contributed by atoms with Crippen LogP contribution in [-0.2, 0) is 22.6 Å². The molecule has 2 aliphatic heterocycles. The van der Waals surface area contributed by atoms with E-state index in [4.69, 9.17) is 4.98 Å². The van der Waals surface area contributed by atoms with Gasteiger partial charge in [0.05, 0.1) is 17.7 Å². The second-order valence-corrected chi connectivity index (χ2v) is 6.32. The number of carbonyl (C=O) groups excluding carboxylic acids is 2. The number of likely N-dealkylation sites (tertiary alicyclic amines) is 1. The number of benzene rings is 1. The van der Waals surface area contributed by atoms with Crippen molar-refractivity contribution in [3.05, 3.63) is 35.5 Å². The van der Waals surface area contributed by atoms with Crippen molar-refractivity contribution in [2.45, 2.75) is 25.8 Å². The van der Waals surface area contributed by atoms with Crippen LogP contribution in [0.5, 0.6) is 0 Å². The number of anilines is 1. The van der Waals surface area contributed by atoms with Crippen LogP contribution in [-0.4, -0.2) is 41.3 Å². The molecule has 2 N–H and O–H groups in total. The molecular weight excluding hydrogens is 304 g/mol. The molecular formula is C18H20N4O2. The maximum absolute atomic E-state index is 12.5. The molecule has 1 aromatic heterocycles. The van der Waals surface area contributed by atoms with E-state index in [0.717, 1.165) is 47.2 Å². The summed E-state index contributed by atoms with van der Waals surface area (Å²) in [6.45, 7) is 2.39. The highest BCUT2D eigenvalue weighted by Gasteiger charge is 2.24. The molecule has 0 radical (unpaired) electrons. The van der Waals surface area contributed by atoms with Gasteiger partial charge in [0.25, 0.3) is 0 Å². The smallest absolute Gasteiger partial charge is 0.244 e. The molecule has 0 aliphatic carbocycles. The fourth-order valence-electron chi connectivity index (χ4n) is 3.49. The van der Waals surface area contributed by atoms with Crippen molar-refractivity contribution < 1.29 is 9.59 Å². The van der Waals surface area contributed by atoms with Gasteiger partial charge in [-0.05, 0) is 12.5 Å². The molecule has 0 atom stereocenters. The summed E-state index contributed by atoms with van der Waals surface area (Å²) < 4.78 is 0. The van der Waals surface area contributed by atoms with Crippen LogP contribution in [0.3, 0.4) is 0 Å². The van der Waals surface area contributed by atoms with Gasteiger partial charge >= 0.3 is 0 Å². The number of hydrogen-bond acceptors (Lipinski definition) is 4. The Morgan fingerprint density at radius 3 is 3.00 bits per heavy atom. The van der Waals surface area contributed by atoms with Gasteiger partial charge in [0.15, 0.2) is 0 Å². The van der Waals surface area contributed by atoms with Crippen LogP contribution in [0.15, 0.2) is 24.3 Å². The van der Waals surface area contributed by atoms with E-state index in [9.17, 15) is 9.59 Å². The summed E-state index contributed by atoms with van der Waals surface area (Å²) in [5.74, 6) is -0.0807. The van der Waals surface area contributed by atoms with Gasteiger partial charge < -0.3 is 15.5 Å². The van der Waals surface area contributed by atoms with Gasteiger partial charge in [-0.1, -0.05) is 18.2 Å². The molecule has 124 valence electrons. The Labute approximate surface area is 140 Å². The summed E-state index contributed by atoms with van der Waals surface area (Å²) >= 11 is 0. The van der Waals surface area contributed by atoms with Crippen molar-refractivity contribution in [3.8, 4) is 0 Å². The average Bonchev–Trinajstić information content (AvgIpc) is 2.99. The van der Waals surface area contributed by atoms with E-state index >= 15 is 0 Å². The number of hydrogen-bond donors (Lipinski definition) is 2. The van der Waals surface area contributed by atoms with Crippen molar-refractivity contribution >= 4 is 28.4 Å². The minimum absolute atomic E-state index is 0.0634. The van der Waals surface area contributed by atoms with E-state index in [1.165, 1.54) is 0 Å². The number of fused-ring (bicyclic) bond motifs is 2. The van der Waals surface area contributed by atoms with Crippen LogP contribution in [0.25, 0.3) is 10.9 Å². The van der Waals surface area contributed by atoms with Crippen LogP contribution in [0.1, 0.15) is 24.1 Å². The lowest BCUT2D eigenvalue weighted by atomic mass is 10.0. The zero-order valence-electron chi connectivity index (χ0n) is 13.5. The predicted molar refractivity (Wildman–Crippen MR) is 91.6 cm³/mol. The zero-order valence-corrected chi connectivity index (χ0v) is 13.5. The molecule has 4 rings (SSSR count). The van der Waals surface area contributed by atoms with Crippen molar-refractivity contribution in [2.24, 2.45) is 0 Å². The highest BCUT2D eigenvalue weighted by atomic mass is 16.2. The molecule has 0 unspecified atom stereocenters. The number of pyridine rings is 1. The van der Waals surface area contributed by atoms with E-state index < -0.39 is 0 Å². The fraction of sp³-hybridized carbons (Fsp3) is 0.389. The molecule has 0 saturated carbocycles. The first-order valence-electron chi connectivity index (χ1n) is 8.41. The Morgan fingerprint density at radius 2 is 2.17 bits per heavy atom. The number of aromatic nitrogens is 1. The number of amides is 2. The number of nitrogens with zero attached hydrogens (tertiary/aromatic N) is 2. The molecule has 1 saturated heterocycles. The largest absolute Gasteiger partial charge is 0.333 e. The molecule has 0 spiro atoms. The number of nitrogens with one attached hydrogen (secondary N) is 2. The SMILES string of the molecule is O=C(CN1CCCC1=O)Nc1c2c(nc3ccccc13)CCNC2. The molecule has 6 nitrogen and oxygen atoms in total. The molecule has 1 fully saturated rings. The highest BCUT2D eigenvalue weighted by molar-refractivity contribution is 6.04. The van der Waals surface area contributed by atoms with E-state index in [1.807, 2.05) is 24.3 Å². The Bertz CT molecular complexity index is 818. The number of para-hydroxylation sites is 1. The van der Waals surface area contributed by atoms with Crippen LogP contribution in [0.2, 0.25) is 0 Å². The first kappa shape index (κ1) is 15.1. The van der Waals surface area contributed by atoms with Gasteiger partial charge in [-0.2, -0.15) is 0 Å². The third-order valence-electron chi connectivity index (χ3n) is 4.69. The lowest BCUT2D eigenvalue weighted by molar-refractivity contribution is -0.131. The maximum atomic E-state index is 12.5. The summed E-state index contributed by atoms with van der Waals surface area (Å²) in [5.41, 5.74) is 3.83. The molecule has 2 aliphatic rings. The van der Waals surface area contributed by atoms with E-state index in [-0.39, 0.29) is 18.4 Å². The second-order valence-electron chi connectivity index (χ2n) is 6.32. The van der Waals surface area contributed by atoms with Gasteiger partial charge in [-0.15, -0.1) is 0 Å². The first-order valence-corrected chi connectivity index (χ1v) is 8.41. The van der Waals surface area contributed by atoms with Gasteiger partial charge in [-0.3, -0.25) is 14.6 Å². The monoisotopic (exact) mass is 324 g/mol. The summed E-state index contributed by atoms with van der Waals surface area (Å²) in [6, 6.07) is 7.86. The first-order chi connectivity index (χ1) is 11.7. The Balaban J connectivity index is 1.67. The van der Waals surface area contributed by atoms with E-state index in [0.29, 0.717) is 19.5 Å². The molecule has 2 aromatic rings. The van der Waals surface area contributed by atoms with Crippen molar-refractivity contribution in [2.75, 3.05) is 25.0 Å². The quantitative estimate of drug-likeness (QED) is 0.896. The molecule has 2 amide bonds. The van der Waals surface area contributed by atoms with Crippen molar-refractivity contribution in [1.29, 1.82) is 0 Å². The lowest BCUT2D eigenvalue weighted by Crippen LogP contribution is -2.34. The fourth-order valence-corrected chi connectivity index (χ4v) is 3.49. The van der Waals surface area contributed by atoms with Crippen molar-refractivity contribution in [1.82, 2.24) is 15.2 Å². The normalized spacial score (nSPS) is 17.2. The summed E-state index contributed by atoms with van der Waals surface area (Å²) in [4.78, 5) is 30.6. The molecule has 0 bridgehead atoms. The van der Waals surface area contributed by atoms with Crippen LogP contribution < -0.4 is 10.6 Å². The van der Waals surface area contributed by atoms with Gasteiger partial charge in [-0.25, -0.2) is 0 Å². The topological polar surface area (TPSA) is 74.3 Å². The van der Waals surface area contributed by atoms with E-state index in [1.54, 1.807) is 4.90 Å². The average molecular weight is 324 g/mol. The summed E-state index contributed by atoms with van der Waals surface area (Å²) in [6.07, 6.45) is 2.24. The Morgan fingerprint density at radius 1 is 1.29 bits per heavy atom. The van der Waals surface area contributed by atoms with E-state index in [2.05, 4.69) is 10.6 Å². The summed E-state index contributed by atoms with van der Waals surface area (Å²) in [7, 11) is 0. The minimum Gasteiger partial charge on any atom is -0.333 e. The van der Waals surface area contributed by atoms with Gasteiger partial charge in [0, 0.05) is 49.1 Å². The molecule has 1 aromatic carbocycles. The third kappa shape index (κ3) is 2.73. The minimum atomic E-state index is -0.144. The second kappa shape index (κ2) is 6.20. The van der Waals surface area contributed by atoms with Gasteiger partial charge in [0.2, 0.25) is 11.8 Å². The van der Waals surface area contributed by atoms with Crippen LogP contribution in [0.4, 0.5) is 5.69 Å². The standard InChI is InChI=1S/C18H20N4O2/c23-16(11-22-9-3-6-17(22)24)21-18-12-4-1-2-5-14(12)20-15-7-8-19-10-13(15)18/h1-2,4-5,19H,3,6-11H2,(H,20,21,23). The Kier molecular flexibility index (Phi) is 3.90. The number of rotatable bonds is 3. The zero-order chi connectivity index (χ0) is 16.5. The van der Waals surface area contributed by atoms with Crippen molar-refractivity contribution in [3.63, 3.8) is 0 Å². The number of carbonyl (C=O) groups is 2. The predicted octanol–water partition coefficient (Wildman–Crippen LogP) is 1.44. The summed E-state index contributed by atoms with van der Waals surface area (Å²) in [5, 5.41) is 7.34. The van der Waals surface area contributed by atoms with Gasteiger partial charge in [0.1, 0.15) is 0 Å². The highest BCUT2D eigenvalue weighted by Crippen LogP contribution is 2.30.